The average molecular weight is 502 g/mol. The molecule has 0 bridgehead atoms. The van der Waals surface area contributed by atoms with Crippen molar-refractivity contribution in [3.8, 4) is 0 Å². The molecule has 2 aromatic carbocycles. The molecule has 9 nitrogen and oxygen atoms in total. The van der Waals surface area contributed by atoms with Crippen LogP contribution in [0.4, 0.5) is 5.69 Å². The Balaban J connectivity index is 1.68. The summed E-state index contributed by atoms with van der Waals surface area (Å²) in [4.78, 5) is 42.6. The van der Waals surface area contributed by atoms with E-state index >= 15 is 0 Å². The Bertz CT molecular complexity index is 1400. The number of esters is 1. The molecule has 0 aliphatic carbocycles. The lowest BCUT2D eigenvalue weighted by molar-refractivity contribution is -0.113. The number of hydrogen-bond acceptors (Lipinski definition) is 8. The molecule has 0 spiro atoms. The van der Waals surface area contributed by atoms with Gasteiger partial charge in [-0.1, -0.05) is 35.5 Å². The minimum Gasteiger partial charge on any atom is -0.462 e. The van der Waals surface area contributed by atoms with E-state index < -0.39 is 32.2 Å². The van der Waals surface area contributed by atoms with Crippen LogP contribution in [0.1, 0.15) is 28.4 Å². The number of nitrogens with one attached hydrogen (secondary N) is 2. The van der Waals surface area contributed by atoms with Gasteiger partial charge in [0.05, 0.1) is 29.0 Å². The van der Waals surface area contributed by atoms with E-state index in [9.17, 15) is 22.8 Å². The van der Waals surface area contributed by atoms with Crippen LogP contribution in [0.5, 0.6) is 0 Å². The summed E-state index contributed by atoms with van der Waals surface area (Å²) in [5.41, 5.74) is 1.33. The lowest BCUT2D eigenvalue weighted by Gasteiger charge is -2.09. The Hall–Kier alpha value is -3.44. The SMILES string of the molecule is CCOC(=O)c1cccc(NC(=O)CSc2ncc(S(=O)(=O)c3ccc(C)cc3C)c(=O)[nH]2)c1. The minimum atomic E-state index is -4.05. The smallest absolute Gasteiger partial charge is 0.338 e. The van der Waals surface area contributed by atoms with E-state index in [-0.39, 0.29) is 22.4 Å². The first kappa shape index (κ1) is 25.2. The van der Waals surface area contributed by atoms with Crippen molar-refractivity contribution in [1.29, 1.82) is 0 Å². The Morgan fingerprint density at radius 2 is 1.88 bits per heavy atom. The number of carbonyl (C=O) groups is 2. The lowest BCUT2D eigenvalue weighted by Crippen LogP contribution is -2.20. The first-order valence-electron chi connectivity index (χ1n) is 10.2. The van der Waals surface area contributed by atoms with E-state index in [1.165, 1.54) is 12.1 Å². The topological polar surface area (TPSA) is 135 Å². The van der Waals surface area contributed by atoms with Crippen LogP contribution in [0.3, 0.4) is 0 Å². The molecule has 3 aromatic rings. The lowest BCUT2D eigenvalue weighted by atomic mass is 10.2. The van der Waals surface area contributed by atoms with E-state index in [4.69, 9.17) is 4.74 Å². The number of rotatable bonds is 8. The molecule has 0 radical (unpaired) electrons. The Morgan fingerprint density at radius 3 is 2.56 bits per heavy atom. The molecule has 1 aromatic heterocycles. The zero-order valence-electron chi connectivity index (χ0n) is 18.7. The number of H-pyrrole nitrogens is 1. The van der Waals surface area contributed by atoms with E-state index in [1.54, 1.807) is 44.2 Å². The number of amides is 1. The van der Waals surface area contributed by atoms with Gasteiger partial charge in [0.2, 0.25) is 15.7 Å². The summed E-state index contributed by atoms with van der Waals surface area (Å²) in [5, 5.41) is 2.75. The van der Waals surface area contributed by atoms with Crippen molar-refractivity contribution in [3.05, 3.63) is 75.7 Å². The maximum absolute atomic E-state index is 12.9. The quantitative estimate of drug-likeness (QED) is 0.273. The van der Waals surface area contributed by atoms with E-state index in [2.05, 4.69) is 15.3 Å². The van der Waals surface area contributed by atoms with Crippen molar-refractivity contribution in [2.75, 3.05) is 17.7 Å². The molecule has 178 valence electrons. The van der Waals surface area contributed by atoms with E-state index in [0.29, 0.717) is 16.8 Å². The summed E-state index contributed by atoms with van der Waals surface area (Å²) in [6, 6.07) is 11.1. The van der Waals surface area contributed by atoms with Crippen LogP contribution in [-0.2, 0) is 19.4 Å². The van der Waals surface area contributed by atoms with E-state index in [0.717, 1.165) is 23.5 Å². The minimum absolute atomic E-state index is 0.0372. The van der Waals surface area contributed by atoms with Gasteiger partial charge in [-0.15, -0.1) is 0 Å². The molecular formula is C23H23N3O6S2. The summed E-state index contributed by atoms with van der Waals surface area (Å²) in [6.07, 6.45) is 0.997. The molecule has 3 rings (SSSR count). The van der Waals surface area contributed by atoms with Crippen LogP contribution < -0.4 is 10.9 Å². The summed E-state index contributed by atoms with van der Waals surface area (Å²) in [6.45, 7) is 5.44. The molecular weight excluding hydrogens is 478 g/mol. The van der Waals surface area contributed by atoms with Gasteiger partial charge in [0.15, 0.2) is 10.1 Å². The predicted molar refractivity (Wildman–Crippen MR) is 128 cm³/mol. The maximum Gasteiger partial charge on any atom is 0.338 e. The highest BCUT2D eigenvalue weighted by atomic mass is 32.2. The summed E-state index contributed by atoms with van der Waals surface area (Å²) < 4.78 is 30.8. The van der Waals surface area contributed by atoms with Crippen molar-refractivity contribution >= 4 is 39.2 Å². The van der Waals surface area contributed by atoms with Gasteiger partial charge < -0.3 is 15.0 Å². The number of aromatic nitrogens is 2. The predicted octanol–water partition coefficient (Wildman–Crippen LogP) is 3.13. The molecule has 1 amide bonds. The van der Waals surface area contributed by atoms with Gasteiger partial charge in [0.25, 0.3) is 5.56 Å². The van der Waals surface area contributed by atoms with Crippen molar-refractivity contribution in [3.63, 3.8) is 0 Å². The van der Waals surface area contributed by atoms with Crippen LogP contribution >= 0.6 is 11.8 Å². The number of aromatic amines is 1. The van der Waals surface area contributed by atoms with Crippen LogP contribution in [0.15, 0.2) is 68.4 Å². The molecule has 0 saturated carbocycles. The normalized spacial score (nSPS) is 11.1. The van der Waals surface area contributed by atoms with Crippen LogP contribution in [0.25, 0.3) is 0 Å². The van der Waals surface area contributed by atoms with Crippen molar-refractivity contribution in [1.82, 2.24) is 9.97 Å². The fraction of sp³-hybridized carbons (Fsp3) is 0.217. The monoisotopic (exact) mass is 501 g/mol. The molecule has 34 heavy (non-hydrogen) atoms. The first-order valence-corrected chi connectivity index (χ1v) is 12.7. The summed E-state index contributed by atoms with van der Waals surface area (Å²) >= 11 is 0.936. The van der Waals surface area contributed by atoms with E-state index in [1.807, 2.05) is 6.92 Å². The van der Waals surface area contributed by atoms with Crippen molar-refractivity contribution in [2.24, 2.45) is 0 Å². The van der Waals surface area contributed by atoms with Crippen LogP contribution in [0, 0.1) is 13.8 Å². The number of benzene rings is 2. The highest BCUT2D eigenvalue weighted by Crippen LogP contribution is 2.23. The largest absolute Gasteiger partial charge is 0.462 e. The third-order valence-corrected chi connectivity index (χ3v) is 7.44. The molecule has 11 heteroatoms. The number of carbonyl (C=O) groups excluding carboxylic acids is 2. The van der Waals surface area contributed by atoms with Gasteiger partial charge in [0.1, 0.15) is 0 Å². The highest BCUT2D eigenvalue weighted by molar-refractivity contribution is 7.99. The molecule has 0 aliphatic rings. The van der Waals surface area contributed by atoms with Gasteiger partial charge in [-0.2, -0.15) is 0 Å². The van der Waals surface area contributed by atoms with Gasteiger partial charge in [0, 0.05) is 5.69 Å². The number of thioether (sulfide) groups is 1. The van der Waals surface area contributed by atoms with Crippen LogP contribution in [0.2, 0.25) is 0 Å². The maximum atomic E-state index is 12.9. The van der Waals surface area contributed by atoms with Crippen molar-refractivity contribution in [2.45, 2.75) is 35.7 Å². The number of aryl methyl sites for hydroxylation is 2. The van der Waals surface area contributed by atoms with Gasteiger partial charge in [-0.3, -0.25) is 9.59 Å². The summed E-state index contributed by atoms with van der Waals surface area (Å²) in [7, 11) is -4.05. The fourth-order valence-electron chi connectivity index (χ4n) is 3.12. The second-order valence-corrected chi connectivity index (χ2v) is 10.1. The van der Waals surface area contributed by atoms with Gasteiger partial charge in [-0.05, 0) is 50.6 Å². The molecule has 1 heterocycles. The first-order chi connectivity index (χ1) is 16.1. The Morgan fingerprint density at radius 1 is 1.12 bits per heavy atom. The molecule has 0 aliphatic heterocycles. The third kappa shape index (κ3) is 5.91. The number of nitrogens with zero attached hydrogens (tertiary/aromatic N) is 1. The van der Waals surface area contributed by atoms with Crippen LogP contribution in [-0.4, -0.2) is 42.6 Å². The molecule has 0 atom stereocenters. The second-order valence-electron chi connectivity index (χ2n) is 7.29. The number of sulfone groups is 1. The highest BCUT2D eigenvalue weighted by Gasteiger charge is 2.24. The standard InChI is InChI=1S/C23H23N3O6S2/c1-4-32-22(29)16-6-5-7-17(11-16)25-20(27)13-33-23-24-12-19(21(28)26-23)34(30,31)18-9-8-14(2)10-15(18)3/h5-12H,4,13H2,1-3H3,(H,25,27)(H,24,26,28). The average Bonchev–Trinajstić information content (AvgIpc) is 2.77. The van der Waals surface area contributed by atoms with Crippen molar-refractivity contribution < 1.29 is 22.7 Å². The number of anilines is 1. The zero-order chi connectivity index (χ0) is 24.9. The third-order valence-electron chi connectivity index (χ3n) is 4.65. The van der Waals surface area contributed by atoms with Gasteiger partial charge in [-0.25, -0.2) is 18.2 Å². The molecule has 0 saturated heterocycles. The molecule has 0 unspecified atom stereocenters. The Kier molecular flexibility index (Phi) is 7.90. The van der Waals surface area contributed by atoms with Gasteiger partial charge >= 0.3 is 5.97 Å². The second kappa shape index (κ2) is 10.7. The number of ether oxygens (including phenoxy) is 1. The fourth-order valence-corrected chi connectivity index (χ4v) is 5.21. The molecule has 0 fully saturated rings. The summed E-state index contributed by atoms with van der Waals surface area (Å²) in [5.74, 6) is -0.998. The number of hydrogen-bond donors (Lipinski definition) is 2. The molecule has 2 N–H and O–H groups in total. The Labute approximate surface area is 200 Å². The zero-order valence-corrected chi connectivity index (χ0v) is 20.4.